The van der Waals surface area contributed by atoms with Crippen LogP contribution in [0.15, 0.2) is 12.2 Å². The molecule has 3 saturated carbocycles. The molecular formula is C12H20O2. The van der Waals surface area contributed by atoms with E-state index in [4.69, 9.17) is 9.47 Å². The van der Waals surface area contributed by atoms with Crippen molar-refractivity contribution in [2.75, 3.05) is 13.9 Å². The van der Waals surface area contributed by atoms with E-state index in [1.165, 1.54) is 12.0 Å². The van der Waals surface area contributed by atoms with Crippen LogP contribution in [0.25, 0.3) is 0 Å². The van der Waals surface area contributed by atoms with Crippen LogP contribution >= 0.6 is 0 Å². The van der Waals surface area contributed by atoms with E-state index in [1.54, 1.807) is 7.11 Å². The van der Waals surface area contributed by atoms with Gasteiger partial charge in [0.05, 0.1) is 6.10 Å². The average Bonchev–Trinajstić information content (AvgIpc) is 2.15. The smallest absolute Gasteiger partial charge is 0.147 e. The van der Waals surface area contributed by atoms with Crippen molar-refractivity contribution in [2.24, 2.45) is 17.3 Å². The van der Waals surface area contributed by atoms with Crippen LogP contribution in [-0.4, -0.2) is 20.0 Å². The molecule has 3 aliphatic carbocycles. The zero-order valence-electron chi connectivity index (χ0n) is 9.38. The predicted molar refractivity (Wildman–Crippen MR) is 55.9 cm³/mol. The molecule has 3 fully saturated rings. The summed E-state index contributed by atoms with van der Waals surface area (Å²) < 4.78 is 10.5. The van der Waals surface area contributed by atoms with E-state index >= 15 is 0 Å². The van der Waals surface area contributed by atoms with Crippen LogP contribution in [0.4, 0.5) is 0 Å². The standard InChI is InChI=1S/C12H20O2/c1-8-10-5-9(12(10,2)3)6-11(8)14-7-13-4/h9-11H,1,5-7H2,2-4H3. The molecule has 0 radical (unpaired) electrons. The Morgan fingerprint density at radius 2 is 2.14 bits per heavy atom. The fraction of sp³-hybridized carbons (Fsp3) is 0.833. The SMILES string of the molecule is C=C1C(OCOC)CC2CC1C2(C)C. The molecular weight excluding hydrogens is 176 g/mol. The normalized spacial score (nSPS) is 39.4. The summed E-state index contributed by atoms with van der Waals surface area (Å²) in [5, 5.41) is 0. The molecule has 2 heteroatoms. The number of methoxy groups -OCH3 is 1. The summed E-state index contributed by atoms with van der Waals surface area (Å²) >= 11 is 0. The monoisotopic (exact) mass is 196 g/mol. The van der Waals surface area contributed by atoms with Gasteiger partial charge in [0, 0.05) is 7.11 Å². The van der Waals surface area contributed by atoms with Crippen LogP contribution in [-0.2, 0) is 9.47 Å². The first-order valence-corrected chi connectivity index (χ1v) is 5.36. The zero-order chi connectivity index (χ0) is 10.3. The van der Waals surface area contributed by atoms with Crippen LogP contribution in [0.3, 0.4) is 0 Å². The highest BCUT2D eigenvalue weighted by Gasteiger charge is 2.54. The highest BCUT2D eigenvalue weighted by molar-refractivity contribution is 5.23. The lowest BCUT2D eigenvalue weighted by Gasteiger charge is -2.59. The molecule has 3 atom stereocenters. The van der Waals surface area contributed by atoms with Gasteiger partial charge in [0.15, 0.2) is 0 Å². The number of fused-ring (bicyclic) bond motifs is 2. The molecule has 2 bridgehead atoms. The molecule has 0 aromatic rings. The minimum Gasteiger partial charge on any atom is -0.359 e. The summed E-state index contributed by atoms with van der Waals surface area (Å²) in [7, 11) is 1.66. The van der Waals surface area contributed by atoms with E-state index in [1.807, 2.05) is 0 Å². The van der Waals surface area contributed by atoms with E-state index in [9.17, 15) is 0 Å². The zero-order valence-corrected chi connectivity index (χ0v) is 9.38. The number of hydrogen-bond donors (Lipinski definition) is 0. The molecule has 0 saturated heterocycles. The van der Waals surface area contributed by atoms with Crippen molar-refractivity contribution in [1.29, 1.82) is 0 Å². The van der Waals surface area contributed by atoms with Crippen LogP contribution < -0.4 is 0 Å². The Kier molecular flexibility index (Phi) is 2.44. The molecule has 0 heterocycles. The van der Waals surface area contributed by atoms with E-state index in [0.717, 1.165) is 12.3 Å². The second-order valence-corrected chi connectivity index (χ2v) is 5.18. The first kappa shape index (κ1) is 10.2. The maximum Gasteiger partial charge on any atom is 0.147 e. The Hall–Kier alpha value is -0.340. The van der Waals surface area contributed by atoms with E-state index in [-0.39, 0.29) is 6.10 Å². The van der Waals surface area contributed by atoms with Crippen molar-refractivity contribution >= 4 is 0 Å². The third-order valence-corrected chi connectivity index (χ3v) is 4.22. The summed E-state index contributed by atoms with van der Waals surface area (Å²) in [4.78, 5) is 0. The Morgan fingerprint density at radius 3 is 2.64 bits per heavy atom. The molecule has 3 unspecified atom stereocenters. The minimum absolute atomic E-state index is 0.242. The van der Waals surface area contributed by atoms with Crippen molar-refractivity contribution in [1.82, 2.24) is 0 Å². The van der Waals surface area contributed by atoms with Gasteiger partial charge in [-0.3, -0.25) is 0 Å². The molecule has 0 aliphatic heterocycles. The minimum atomic E-state index is 0.242. The highest BCUT2D eigenvalue weighted by atomic mass is 16.7. The predicted octanol–water partition coefficient (Wildman–Crippen LogP) is 2.60. The fourth-order valence-corrected chi connectivity index (χ4v) is 3.00. The molecule has 80 valence electrons. The second kappa shape index (κ2) is 3.35. The first-order chi connectivity index (χ1) is 6.57. The Labute approximate surface area is 86.3 Å². The van der Waals surface area contributed by atoms with Crippen LogP contribution in [0.2, 0.25) is 0 Å². The van der Waals surface area contributed by atoms with Gasteiger partial charge in [0.25, 0.3) is 0 Å². The van der Waals surface area contributed by atoms with Gasteiger partial charge in [-0.1, -0.05) is 20.4 Å². The van der Waals surface area contributed by atoms with Gasteiger partial charge >= 0.3 is 0 Å². The largest absolute Gasteiger partial charge is 0.359 e. The summed E-state index contributed by atoms with van der Waals surface area (Å²) in [6, 6.07) is 0. The lowest BCUT2D eigenvalue weighted by molar-refractivity contribution is -0.128. The Morgan fingerprint density at radius 1 is 1.43 bits per heavy atom. The molecule has 0 N–H and O–H groups in total. The van der Waals surface area contributed by atoms with E-state index in [2.05, 4.69) is 20.4 Å². The van der Waals surface area contributed by atoms with Crippen molar-refractivity contribution in [2.45, 2.75) is 32.8 Å². The molecule has 3 rings (SSSR count). The van der Waals surface area contributed by atoms with Crippen molar-refractivity contribution in [3.05, 3.63) is 12.2 Å². The van der Waals surface area contributed by atoms with Gasteiger partial charge in [-0.25, -0.2) is 0 Å². The van der Waals surface area contributed by atoms with Crippen LogP contribution in [0.5, 0.6) is 0 Å². The quantitative estimate of drug-likeness (QED) is 0.510. The highest BCUT2D eigenvalue weighted by Crippen LogP contribution is 2.61. The van der Waals surface area contributed by atoms with Gasteiger partial charge in [-0.2, -0.15) is 0 Å². The van der Waals surface area contributed by atoms with Crippen molar-refractivity contribution in [3.8, 4) is 0 Å². The van der Waals surface area contributed by atoms with Gasteiger partial charge < -0.3 is 9.47 Å². The lowest BCUT2D eigenvalue weighted by atomic mass is 9.47. The number of hydrogen-bond acceptors (Lipinski definition) is 2. The second-order valence-electron chi connectivity index (χ2n) is 5.18. The molecule has 2 nitrogen and oxygen atoms in total. The summed E-state index contributed by atoms with van der Waals surface area (Å²) in [6.45, 7) is 9.28. The number of ether oxygens (including phenoxy) is 2. The van der Waals surface area contributed by atoms with Gasteiger partial charge in [-0.15, -0.1) is 0 Å². The third-order valence-electron chi connectivity index (χ3n) is 4.22. The first-order valence-electron chi connectivity index (χ1n) is 5.36. The van der Waals surface area contributed by atoms with Gasteiger partial charge in [0.2, 0.25) is 0 Å². The van der Waals surface area contributed by atoms with E-state index in [0.29, 0.717) is 18.1 Å². The molecule has 14 heavy (non-hydrogen) atoms. The van der Waals surface area contributed by atoms with Crippen molar-refractivity contribution in [3.63, 3.8) is 0 Å². The van der Waals surface area contributed by atoms with Crippen LogP contribution in [0.1, 0.15) is 26.7 Å². The average molecular weight is 196 g/mol. The van der Waals surface area contributed by atoms with E-state index < -0.39 is 0 Å². The summed E-state index contributed by atoms with van der Waals surface area (Å²) in [5.74, 6) is 1.49. The lowest BCUT2D eigenvalue weighted by Crippen LogP contribution is -2.53. The molecule has 3 aliphatic rings. The van der Waals surface area contributed by atoms with Gasteiger partial charge in [0.1, 0.15) is 6.79 Å². The maximum absolute atomic E-state index is 5.62. The molecule has 0 aromatic carbocycles. The summed E-state index contributed by atoms with van der Waals surface area (Å²) in [6.07, 6.45) is 2.69. The maximum atomic E-state index is 5.62. The van der Waals surface area contributed by atoms with Crippen molar-refractivity contribution < 1.29 is 9.47 Å². The topological polar surface area (TPSA) is 18.5 Å². The number of rotatable bonds is 3. The fourth-order valence-electron chi connectivity index (χ4n) is 3.00. The molecule has 0 spiro atoms. The third kappa shape index (κ3) is 1.32. The van der Waals surface area contributed by atoms with Gasteiger partial charge in [-0.05, 0) is 35.7 Å². The van der Waals surface area contributed by atoms with Crippen LogP contribution in [0, 0.1) is 17.3 Å². The molecule has 0 aromatic heterocycles. The Balaban J connectivity index is 1.98. The Bertz CT molecular complexity index is 245. The summed E-state index contributed by atoms with van der Waals surface area (Å²) in [5.41, 5.74) is 1.75. The molecule has 0 amide bonds.